The first kappa shape index (κ1) is 25.9. The minimum absolute atomic E-state index is 0.0740. The van der Waals surface area contributed by atoms with Gasteiger partial charge in [-0.2, -0.15) is 8.78 Å². The second-order valence-electron chi connectivity index (χ2n) is 10.9. The highest BCUT2D eigenvalue weighted by atomic mass is 19.3. The molecule has 2 aliphatic rings. The van der Waals surface area contributed by atoms with Gasteiger partial charge in [0.2, 0.25) is 5.89 Å². The van der Waals surface area contributed by atoms with Crippen LogP contribution in [0, 0.1) is 5.82 Å². The number of nitrogens with zero attached hydrogens (tertiary/aromatic N) is 6. The summed E-state index contributed by atoms with van der Waals surface area (Å²) in [7, 11) is 0. The molecule has 6 heterocycles. The molecule has 0 amide bonds. The normalized spacial score (nSPS) is 16.4. The predicted molar refractivity (Wildman–Crippen MR) is 150 cm³/mol. The zero-order chi connectivity index (χ0) is 29.2. The molecule has 0 atom stereocenters. The number of rotatable bonds is 7. The molecular formula is C30H24F3N7O3. The van der Waals surface area contributed by atoms with Gasteiger partial charge >= 0.3 is 12.1 Å². The lowest BCUT2D eigenvalue weighted by molar-refractivity contribution is -0.0983. The van der Waals surface area contributed by atoms with E-state index in [0.717, 1.165) is 16.5 Å². The first-order valence-corrected chi connectivity index (χ1v) is 13.8. The summed E-state index contributed by atoms with van der Waals surface area (Å²) in [5, 5.41) is 7.89. The fraction of sp³-hybridized carbons (Fsp3) is 0.267. The summed E-state index contributed by atoms with van der Waals surface area (Å²) in [6, 6.07) is 14.3. The number of fused-ring (bicyclic) bond motifs is 2. The summed E-state index contributed by atoms with van der Waals surface area (Å²) in [6.45, 7) is 2.85. The van der Waals surface area contributed by atoms with E-state index in [1.54, 1.807) is 22.8 Å². The van der Waals surface area contributed by atoms with Crippen LogP contribution >= 0.6 is 0 Å². The average Bonchev–Trinajstić information content (AvgIpc) is 3.69. The Balaban J connectivity index is 1.19. The van der Waals surface area contributed by atoms with Crippen LogP contribution in [-0.4, -0.2) is 66.5 Å². The summed E-state index contributed by atoms with van der Waals surface area (Å²) in [4.78, 5) is 23.9. The van der Waals surface area contributed by atoms with E-state index in [-0.39, 0.29) is 24.2 Å². The lowest BCUT2D eigenvalue weighted by Crippen LogP contribution is -2.60. The van der Waals surface area contributed by atoms with Crippen molar-refractivity contribution in [1.82, 2.24) is 34.2 Å². The second kappa shape index (κ2) is 9.92. The SMILES string of the molecule is O=c1n(Cc2ccc(-c3nnc(C(F)F)o3)cn2)c2cc(F)c(-c3cccc4[nH]ccc34)cc2n1C1CN(C2COC2)C1. The molecule has 6 aromatic rings. The number of imidazole rings is 1. The molecule has 0 radical (unpaired) electrons. The third-order valence-corrected chi connectivity index (χ3v) is 8.35. The smallest absolute Gasteiger partial charge is 0.329 e. The Morgan fingerprint density at radius 2 is 1.86 bits per heavy atom. The van der Waals surface area contributed by atoms with Gasteiger partial charge < -0.3 is 14.1 Å². The Hall–Kier alpha value is -4.75. The third-order valence-electron chi connectivity index (χ3n) is 8.35. The molecule has 4 aromatic heterocycles. The van der Waals surface area contributed by atoms with Crippen LogP contribution in [0.4, 0.5) is 13.2 Å². The number of aromatic amines is 1. The number of ether oxygens (including phenoxy) is 1. The van der Waals surface area contributed by atoms with Gasteiger partial charge in [0.1, 0.15) is 5.82 Å². The molecule has 2 saturated heterocycles. The lowest BCUT2D eigenvalue weighted by atomic mass is 10.00. The molecule has 2 aliphatic heterocycles. The molecule has 2 aromatic carbocycles. The Bertz CT molecular complexity index is 2040. The number of H-pyrrole nitrogens is 1. The zero-order valence-corrected chi connectivity index (χ0v) is 22.6. The highest BCUT2D eigenvalue weighted by Gasteiger charge is 2.38. The second-order valence-corrected chi connectivity index (χ2v) is 10.9. The summed E-state index contributed by atoms with van der Waals surface area (Å²) < 4.78 is 55.2. The highest BCUT2D eigenvalue weighted by molar-refractivity contribution is 5.97. The van der Waals surface area contributed by atoms with Crippen molar-refractivity contribution in [2.45, 2.75) is 25.1 Å². The van der Waals surface area contributed by atoms with Crippen molar-refractivity contribution < 1.29 is 22.3 Å². The van der Waals surface area contributed by atoms with Gasteiger partial charge in [0.15, 0.2) is 0 Å². The molecule has 0 unspecified atom stereocenters. The van der Waals surface area contributed by atoms with E-state index in [0.29, 0.717) is 60.2 Å². The maximum atomic E-state index is 15.9. The monoisotopic (exact) mass is 587 g/mol. The Morgan fingerprint density at radius 1 is 1.00 bits per heavy atom. The molecule has 43 heavy (non-hydrogen) atoms. The van der Waals surface area contributed by atoms with Gasteiger partial charge in [0.25, 0.3) is 5.89 Å². The summed E-state index contributed by atoms with van der Waals surface area (Å²) >= 11 is 0. The van der Waals surface area contributed by atoms with Gasteiger partial charge in [-0.3, -0.25) is 19.0 Å². The first-order chi connectivity index (χ1) is 20.9. The van der Waals surface area contributed by atoms with Crippen molar-refractivity contribution in [2.24, 2.45) is 0 Å². The Labute approximate surface area is 241 Å². The predicted octanol–water partition coefficient (Wildman–Crippen LogP) is 4.78. The number of hydrogen-bond acceptors (Lipinski definition) is 7. The molecule has 2 fully saturated rings. The van der Waals surface area contributed by atoms with E-state index in [1.807, 2.05) is 30.5 Å². The molecule has 0 bridgehead atoms. The number of benzene rings is 2. The minimum Gasteiger partial charge on any atom is -0.415 e. The van der Waals surface area contributed by atoms with Crippen LogP contribution in [0.15, 0.2) is 70.1 Å². The molecule has 1 N–H and O–H groups in total. The highest BCUT2D eigenvalue weighted by Crippen LogP contribution is 2.35. The number of aromatic nitrogens is 6. The van der Waals surface area contributed by atoms with Crippen LogP contribution in [0.1, 0.15) is 24.1 Å². The maximum absolute atomic E-state index is 15.9. The molecular weight excluding hydrogens is 563 g/mol. The van der Waals surface area contributed by atoms with Crippen LogP contribution < -0.4 is 5.69 Å². The molecule has 13 heteroatoms. The lowest BCUT2D eigenvalue weighted by Gasteiger charge is -2.47. The number of nitrogens with one attached hydrogen (secondary N) is 1. The first-order valence-electron chi connectivity index (χ1n) is 13.8. The zero-order valence-electron chi connectivity index (χ0n) is 22.6. The maximum Gasteiger partial charge on any atom is 0.329 e. The number of hydrogen-bond donors (Lipinski definition) is 1. The van der Waals surface area contributed by atoms with E-state index < -0.39 is 18.1 Å². The van der Waals surface area contributed by atoms with Crippen molar-refractivity contribution in [3.63, 3.8) is 0 Å². The van der Waals surface area contributed by atoms with Crippen molar-refractivity contribution in [3.05, 3.63) is 88.8 Å². The van der Waals surface area contributed by atoms with Crippen LogP contribution in [0.3, 0.4) is 0 Å². The van der Waals surface area contributed by atoms with Crippen LogP contribution in [-0.2, 0) is 11.3 Å². The van der Waals surface area contributed by atoms with Crippen LogP contribution in [0.5, 0.6) is 0 Å². The molecule has 218 valence electrons. The molecule has 0 aliphatic carbocycles. The van der Waals surface area contributed by atoms with E-state index in [1.165, 1.54) is 16.8 Å². The van der Waals surface area contributed by atoms with Crippen molar-refractivity contribution in [1.29, 1.82) is 0 Å². The topological polar surface area (TPSA) is 107 Å². The fourth-order valence-corrected chi connectivity index (χ4v) is 5.96. The van der Waals surface area contributed by atoms with Gasteiger partial charge in [-0.1, -0.05) is 12.1 Å². The number of likely N-dealkylation sites (tertiary alicyclic amines) is 1. The van der Waals surface area contributed by atoms with Gasteiger partial charge in [-0.25, -0.2) is 9.18 Å². The minimum atomic E-state index is -2.88. The third kappa shape index (κ3) is 4.26. The quantitative estimate of drug-likeness (QED) is 0.287. The summed E-state index contributed by atoms with van der Waals surface area (Å²) in [5.41, 5.74) is 3.77. The van der Waals surface area contributed by atoms with Crippen molar-refractivity contribution >= 4 is 21.9 Å². The molecule has 0 spiro atoms. The van der Waals surface area contributed by atoms with Crippen molar-refractivity contribution in [3.8, 4) is 22.6 Å². The van der Waals surface area contributed by atoms with E-state index in [4.69, 9.17) is 9.15 Å². The van der Waals surface area contributed by atoms with Crippen molar-refractivity contribution in [2.75, 3.05) is 26.3 Å². The Kier molecular flexibility index (Phi) is 5.98. The Morgan fingerprint density at radius 3 is 2.58 bits per heavy atom. The summed E-state index contributed by atoms with van der Waals surface area (Å²) in [5.74, 6) is -1.29. The van der Waals surface area contributed by atoms with E-state index in [2.05, 4.69) is 25.1 Å². The van der Waals surface area contributed by atoms with Gasteiger partial charge in [-0.15, -0.1) is 10.2 Å². The van der Waals surface area contributed by atoms with E-state index >= 15 is 4.39 Å². The molecule has 0 saturated carbocycles. The van der Waals surface area contributed by atoms with Crippen LogP contribution in [0.25, 0.3) is 44.5 Å². The summed E-state index contributed by atoms with van der Waals surface area (Å²) in [6.07, 6.45) is 0.362. The largest absolute Gasteiger partial charge is 0.415 e. The number of pyridine rings is 1. The fourth-order valence-electron chi connectivity index (χ4n) is 5.96. The van der Waals surface area contributed by atoms with Crippen LogP contribution in [0.2, 0.25) is 0 Å². The average molecular weight is 588 g/mol. The van der Waals surface area contributed by atoms with E-state index in [9.17, 15) is 13.6 Å². The number of alkyl halides is 2. The van der Waals surface area contributed by atoms with Gasteiger partial charge in [-0.05, 0) is 35.9 Å². The molecule has 8 rings (SSSR count). The molecule has 10 nitrogen and oxygen atoms in total. The standard InChI is InChI=1S/C30H24F3N7O3/c31-23-9-25-26(8-22(23)20-2-1-3-24-21(20)6-7-34-24)40(18-12-38(13-18)19-14-42-15-19)30(41)39(25)11-17-5-4-16(10-35-17)28-36-37-29(43-28)27(32)33/h1-10,18-19,27,34H,11-15H2. The van der Waals surface area contributed by atoms with Gasteiger partial charge in [0.05, 0.1) is 54.1 Å². The number of halogens is 3. The van der Waals surface area contributed by atoms with Gasteiger partial charge in [0, 0.05) is 48.0 Å².